The van der Waals surface area contributed by atoms with Gasteiger partial charge in [-0.25, -0.2) is 9.78 Å². The van der Waals surface area contributed by atoms with Crippen molar-refractivity contribution in [2.75, 3.05) is 13.2 Å². The third-order valence-electron chi connectivity index (χ3n) is 5.51. The van der Waals surface area contributed by atoms with Crippen molar-refractivity contribution in [1.82, 2.24) is 25.9 Å². The van der Waals surface area contributed by atoms with E-state index in [2.05, 4.69) is 25.9 Å². The number of nitrogens with two attached hydrogens (primary N) is 2. The highest BCUT2D eigenvalue weighted by Crippen LogP contribution is 2.10. The van der Waals surface area contributed by atoms with Crippen LogP contribution in [-0.2, 0) is 25.6 Å². The van der Waals surface area contributed by atoms with Crippen molar-refractivity contribution < 1.29 is 29.4 Å². The van der Waals surface area contributed by atoms with Crippen LogP contribution in [0.25, 0.3) is 0 Å². The summed E-state index contributed by atoms with van der Waals surface area (Å²) in [5.74, 6) is -3.61. The van der Waals surface area contributed by atoms with Crippen LogP contribution in [0.5, 0.6) is 0 Å². The minimum Gasteiger partial charge on any atom is -0.480 e. The number of nitrogens with one attached hydrogen (secondary N) is 4. The lowest BCUT2D eigenvalue weighted by atomic mass is 9.96. The molecule has 1 aromatic rings. The summed E-state index contributed by atoms with van der Waals surface area (Å²) < 4.78 is 0. The number of unbranched alkanes of at least 4 members (excludes halogenated alkanes) is 1. The smallest absolute Gasteiger partial charge is 0.328 e. The predicted molar refractivity (Wildman–Crippen MR) is 123 cm³/mol. The van der Waals surface area contributed by atoms with Gasteiger partial charge in [-0.05, 0) is 25.3 Å². The van der Waals surface area contributed by atoms with Gasteiger partial charge in [0.25, 0.3) is 0 Å². The summed E-state index contributed by atoms with van der Waals surface area (Å²) in [4.78, 5) is 56.4. The Morgan fingerprint density at radius 3 is 2.29 bits per heavy atom. The van der Waals surface area contributed by atoms with Crippen LogP contribution in [0.3, 0.4) is 0 Å². The van der Waals surface area contributed by atoms with E-state index in [9.17, 15) is 24.3 Å². The van der Waals surface area contributed by atoms with E-state index in [4.69, 9.17) is 16.6 Å². The molecule has 10 N–H and O–H groups in total. The molecule has 192 valence electrons. The highest BCUT2D eigenvalue weighted by molar-refractivity contribution is 5.94. The first-order valence-electron chi connectivity index (χ1n) is 11.3. The standard InChI is InChI=1S/C21H37N7O6/c1-3-12(2)17(28-18(30)14(23)6-4-5-7-22)20(32)26-15(8-13-9-24-11-25-13)19(31)27-16(10-29)21(33)34/h9,11-12,14-17,29H,3-8,10,22-23H2,1-2H3,(H,24,25)(H,26,32)(H,27,31)(H,28,30)(H,33,34). The number of hydrogen-bond acceptors (Lipinski definition) is 8. The Morgan fingerprint density at radius 1 is 1.09 bits per heavy atom. The Kier molecular flexibility index (Phi) is 12.8. The van der Waals surface area contributed by atoms with Crippen molar-refractivity contribution >= 4 is 23.7 Å². The summed E-state index contributed by atoms with van der Waals surface area (Å²) in [6.07, 6.45) is 5.22. The van der Waals surface area contributed by atoms with Crippen LogP contribution in [0.4, 0.5) is 0 Å². The van der Waals surface area contributed by atoms with Gasteiger partial charge in [-0.15, -0.1) is 0 Å². The summed E-state index contributed by atoms with van der Waals surface area (Å²) in [6, 6.07) is -4.51. The van der Waals surface area contributed by atoms with E-state index in [0.29, 0.717) is 31.5 Å². The van der Waals surface area contributed by atoms with Crippen LogP contribution in [0, 0.1) is 5.92 Å². The first-order chi connectivity index (χ1) is 16.1. The van der Waals surface area contributed by atoms with E-state index in [-0.39, 0.29) is 12.3 Å². The van der Waals surface area contributed by atoms with Gasteiger partial charge < -0.3 is 42.6 Å². The average Bonchev–Trinajstić information content (AvgIpc) is 3.32. The maximum atomic E-state index is 13.1. The second kappa shape index (κ2) is 15.0. The maximum absolute atomic E-state index is 13.1. The number of imidazole rings is 1. The van der Waals surface area contributed by atoms with Crippen LogP contribution in [0.1, 0.15) is 45.2 Å². The number of carbonyl (C=O) groups is 4. The van der Waals surface area contributed by atoms with Gasteiger partial charge >= 0.3 is 5.97 Å². The molecule has 0 saturated heterocycles. The molecule has 1 aromatic heterocycles. The van der Waals surface area contributed by atoms with Crippen molar-refractivity contribution in [3.05, 3.63) is 18.2 Å². The van der Waals surface area contributed by atoms with E-state index in [1.165, 1.54) is 12.5 Å². The van der Waals surface area contributed by atoms with Crippen LogP contribution < -0.4 is 27.4 Å². The van der Waals surface area contributed by atoms with Gasteiger partial charge in [-0.1, -0.05) is 26.7 Å². The minimum atomic E-state index is -1.54. The largest absolute Gasteiger partial charge is 0.480 e. The monoisotopic (exact) mass is 483 g/mol. The van der Waals surface area contributed by atoms with Gasteiger partial charge in [-0.2, -0.15) is 0 Å². The van der Waals surface area contributed by atoms with E-state index >= 15 is 0 Å². The highest BCUT2D eigenvalue weighted by Gasteiger charge is 2.32. The number of aromatic nitrogens is 2. The van der Waals surface area contributed by atoms with Crippen LogP contribution in [-0.4, -0.2) is 81.2 Å². The van der Waals surface area contributed by atoms with Gasteiger partial charge in [0.05, 0.1) is 19.0 Å². The second-order valence-corrected chi connectivity index (χ2v) is 8.19. The number of aromatic amines is 1. The Hall–Kier alpha value is -3.03. The zero-order valence-corrected chi connectivity index (χ0v) is 19.6. The summed E-state index contributed by atoms with van der Waals surface area (Å²) in [7, 11) is 0. The molecular formula is C21H37N7O6. The molecule has 1 heterocycles. The molecule has 0 aromatic carbocycles. The van der Waals surface area contributed by atoms with Crippen molar-refractivity contribution in [1.29, 1.82) is 0 Å². The fraction of sp³-hybridized carbons (Fsp3) is 0.667. The SMILES string of the molecule is CCC(C)C(NC(=O)C(N)CCCCN)C(=O)NC(Cc1cnc[nH]1)C(=O)NC(CO)C(=O)O. The number of carbonyl (C=O) groups excluding carboxylic acids is 3. The number of H-pyrrole nitrogens is 1. The van der Waals surface area contributed by atoms with Crippen molar-refractivity contribution in [3.63, 3.8) is 0 Å². The fourth-order valence-corrected chi connectivity index (χ4v) is 3.15. The summed E-state index contributed by atoms with van der Waals surface area (Å²) >= 11 is 0. The third kappa shape index (κ3) is 9.45. The van der Waals surface area contributed by atoms with Crippen molar-refractivity contribution in [2.24, 2.45) is 17.4 Å². The average molecular weight is 484 g/mol. The van der Waals surface area contributed by atoms with Crippen molar-refractivity contribution in [3.8, 4) is 0 Å². The molecule has 13 nitrogen and oxygen atoms in total. The zero-order valence-electron chi connectivity index (χ0n) is 19.6. The molecule has 5 unspecified atom stereocenters. The Morgan fingerprint density at radius 2 is 1.76 bits per heavy atom. The number of nitrogens with zero attached hydrogens (tertiary/aromatic N) is 1. The van der Waals surface area contributed by atoms with Crippen molar-refractivity contribution in [2.45, 2.75) is 70.1 Å². The van der Waals surface area contributed by atoms with Gasteiger partial charge in [0.15, 0.2) is 0 Å². The van der Waals surface area contributed by atoms with Crippen LogP contribution >= 0.6 is 0 Å². The molecule has 0 aliphatic rings. The molecule has 0 saturated carbocycles. The maximum Gasteiger partial charge on any atom is 0.328 e. The number of carboxylic acids is 1. The molecule has 0 spiro atoms. The molecule has 0 bridgehead atoms. The summed E-state index contributed by atoms with van der Waals surface area (Å²) in [6.45, 7) is 3.30. The highest BCUT2D eigenvalue weighted by atomic mass is 16.4. The quantitative estimate of drug-likeness (QED) is 0.121. The lowest BCUT2D eigenvalue weighted by Crippen LogP contribution is -2.59. The predicted octanol–water partition coefficient (Wildman–Crippen LogP) is -2.01. The Bertz CT molecular complexity index is 789. The Balaban J connectivity index is 2.99. The number of amides is 3. The molecule has 0 aliphatic carbocycles. The number of hydrogen-bond donors (Lipinski definition) is 8. The molecule has 0 fully saturated rings. The van der Waals surface area contributed by atoms with E-state index < -0.39 is 54.5 Å². The van der Waals surface area contributed by atoms with E-state index in [0.717, 1.165) is 6.42 Å². The first-order valence-corrected chi connectivity index (χ1v) is 11.3. The third-order valence-corrected chi connectivity index (χ3v) is 5.51. The number of aliphatic carboxylic acids is 1. The normalized spacial score (nSPS) is 15.4. The topological polar surface area (TPSA) is 226 Å². The van der Waals surface area contributed by atoms with Gasteiger partial charge in [-0.3, -0.25) is 14.4 Å². The summed E-state index contributed by atoms with van der Waals surface area (Å²) in [5.41, 5.74) is 11.9. The Labute approximate surface area is 198 Å². The molecule has 34 heavy (non-hydrogen) atoms. The molecule has 0 aliphatic heterocycles. The lowest BCUT2D eigenvalue weighted by Gasteiger charge is -2.27. The molecule has 1 rings (SSSR count). The summed E-state index contributed by atoms with van der Waals surface area (Å²) in [5, 5.41) is 25.8. The van der Waals surface area contributed by atoms with Gasteiger partial charge in [0.1, 0.15) is 18.1 Å². The second-order valence-electron chi connectivity index (χ2n) is 8.19. The lowest BCUT2D eigenvalue weighted by molar-refractivity contribution is -0.143. The van der Waals surface area contributed by atoms with Gasteiger partial charge in [0.2, 0.25) is 17.7 Å². The molecule has 13 heteroatoms. The molecule has 3 amide bonds. The molecule has 5 atom stereocenters. The number of rotatable bonds is 16. The van der Waals surface area contributed by atoms with Crippen LogP contribution in [0.2, 0.25) is 0 Å². The van der Waals surface area contributed by atoms with E-state index in [1.807, 2.05) is 6.92 Å². The number of carboxylic acid groups (broad SMARTS) is 1. The first kappa shape index (κ1) is 29.0. The number of aliphatic hydroxyl groups is 1. The number of aliphatic hydroxyl groups excluding tert-OH is 1. The fourth-order valence-electron chi connectivity index (χ4n) is 3.15. The molecule has 0 radical (unpaired) electrons. The zero-order chi connectivity index (χ0) is 25.7. The van der Waals surface area contributed by atoms with Crippen LogP contribution in [0.15, 0.2) is 12.5 Å². The minimum absolute atomic E-state index is 0.0187. The van der Waals surface area contributed by atoms with Gasteiger partial charge in [0, 0.05) is 18.3 Å². The molecular weight excluding hydrogens is 446 g/mol. The van der Waals surface area contributed by atoms with E-state index in [1.54, 1.807) is 6.92 Å².